The second-order valence-corrected chi connectivity index (χ2v) is 8.58. The van der Waals surface area contributed by atoms with Crippen LogP contribution in [0.5, 0.6) is 0 Å². The molecule has 136 valence electrons. The van der Waals surface area contributed by atoms with Crippen LogP contribution in [0, 0.1) is 11.3 Å². The molecule has 4 nitrogen and oxygen atoms in total. The zero-order valence-electron chi connectivity index (χ0n) is 16.0. The van der Waals surface area contributed by atoms with Gasteiger partial charge < -0.3 is 19.7 Å². The van der Waals surface area contributed by atoms with Crippen LogP contribution in [0.1, 0.15) is 19.4 Å². The average Bonchev–Trinajstić information content (AvgIpc) is 2.51. The maximum Gasteiger partial charge on any atom is 1.00 e. The second-order valence-electron chi connectivity index (χ2n) is 8.14. The van der Waals surface area contributed by atoms with Gasteiger partial charge in [-0.15, -0.1) is 0 Å². The van der Waals surface area contributed by atoms with E-state index in [0.717, 1.165) is 29.4 Å². The maximum absolute atomic E-state index is 11.0. The number of hydrogen-bond acceptors (Lipinski definition) is 4. The van der Waals surface area contributed by atoms with Gasteiger partial charge in [-0.1, -0.05) is 31.5 Å². The summed E-state index contributed by atoms with van der Waals surface area (Å²) in [7, 11) is 0. The molecule has 0 saturated carbocycles. The molecule has 27 heavy (non-hydrogen) atoms. The molecule has 4 rings (SSSR count). The summed E-state index contributed by atoms with van der Waals surface area (Å²) in [5.41, 5.74) is 4.78. The Labute approximate surface area is 187 Å². The van der Waals surface area contributed by atoms with Crippen LogP contribution in [-0.2, 0) is 11.2 Å². The van der Waals surface area contributed by atoms with E-state index in [9.17, 15) is 9.90 Å². The third kappa shape index (κ3) is 4.14. The van der Waals surface area contributed by atoms with Crippen LogP contribution in [0.15, 0.2) is 42.5 Å². The molecule has 2 heterocycles. The monoisotopic (exact) mass is 392 g/mol. The number of fused-ring (bicyclic) bond motifs is 1. The molecule has 0 spiro atoms. The van der Waals surface area contributed by atoms with Gasteiger partial charge in [-0.3, -0.25) is 0 Å². The first-order valence-corrected chi connectivity index (χ1v) is 9.32. The van der Waals surface area contributed by atoms with Gasteiger partial charge in [0.2, 0.25) is 0 Å². The minimum absolute atomic E-state index is 0. The molecule has 0 aromatic heterocycles. The summed E-state index contributed by atoms with van der Waals surface area (Å²) in [6.07, 6.45) is 0.999. The maximum atomic E-state index is 11.0. The molecule has 0 aliphatic carbocycles. The molecule has 2 aromatic carbocycles. The average molecular weight is 393 g/mol. The number of nitrogens with zero attached hydrogens (tertiary/aromatic N) is 2. The smallest absolute Gasteiger partial charge is 0.550 e. The largest absolute Gasteiger partial charge is 1.00 e. The summed E-state index contributed by atoms with van der Waals surface area (Å²) in [6, 6.07) is 14.4. The number of anilines is 3. The van der Waals surface area contributed by atoms with E-state index in [4.69, 9.17) is 11.6 Å². The number of hydrogen-bond donors (Lipinski definition) is 0. The van der Waals surface area contributed by atoms with Gasteiger partial charge in [0.25, 0.3) is 0 Å². The fraction of sp³-hybridized carbons (Fsp3) is 0.381. The molecule has 2 aliphatic heterocycles. The Morgan fingerprint density at radius 1 is 1.15 bits per heavy atom. The van der Waals surface area contributed by atoms with E-state index in [1.165, 1.54) is 11.3 Å². The van der Waals surface area contributed by atoms with Gasteiger partial charge in [-0.05, 0) is 53.8 Å². The first-order valence-electron chi connectivity index (χ1n) is 8.94. The molecule has 0 radical (unpaired) electrons. The van der Waals surface area contributed by atoms with E-state index in [1.807, 2.05) is 18.2 Å². The van der Waals surface area contributed by atoms with Gasteiger partial charge >= 0.3 is 29.6 Å². The molecule has 1 saturated heterocycles. The zero-order valence-corrected chi connectivity index (χ0v) is 18.8. The quantitative estimate of drug-likeness (QED) is 0.703. The molecule has 0 bridgehead atoms. The number of aliphatic carboxylic acids is 1. The molecular weight excluding hydrogens is 371 g/mol. The molecular formula is C21H22ClN2NaO2. The Hall–Kier alpha value is -1.20. The minimum atomic E-state index is -0.957. The normalized spacial score (nSPS) is 18.3. The Kier molecular flexibility index (Phi) is 5.83. The van der Waals surface area contributed by atoms with Gasteiger partial charge in [0, 0.05) is 53.6 Å². The first-order chi connectivity index (χ1) is 12.3. The third-order valence-electron chi connectivity index (χ3n) is 5.31. The zero-order chi connectivity index (χ0) is 18.5. The predicted molar refractivity (Wildman–Crippen MR) is 103 cm³/mol. The summed E-state index contributed by atoms with van der Waals surface area (Å²) in [4.78, 5) is 15.4. The van der Waals surface area contributed by atoms with Crippen molar-refractivity contribution in [2.75, 3.05) is 29.4 Å². The fourth-order valence-corrected chi connectivity index (χ4v) is 4.16. The molecule has 0 atom stereocenters. The molecule has 0 N–H and O–H groups in total. The van der Waals surface area contributed by atoms with Crippen molar-refractivity contribution in [1.82, 2.24) is 0 Å². The minimum Gasteiger partial charge on any atom is -0.550 e. The van der Waals surface area contributed by atoms with Crippen molar-refractivity contribution in [2.24, 2.45) is 11.3 Å². The second kappa shape index (κ2) is 7.67. The summed E-state index contributed by atoms with van der Waals surface area (Å²) < 4.78 is 0. The molecule has 2 aromatic rings. The summed E-state index contributed by atoms with van der Waals surface area (Å²) >= 11 is 6.22. The number of carbonyl (C=O) groups excluding carboxylic acids is 1. The van der Waals surface area contributed by atoms with Gasteiger partial charge in [0.05, 0.1) is 0 Å². The Bertz CT molecular complexity index is 865. The summed E-state index contributed by atoms with van der Waals surface area (Å²) in [6.45, 7) is 6.50. The molecule has 2 aliphatic rings. The van der Waals surface area contributed by atoms with Crippen molar-refractivity contribution in [2.45, 2.75) is 20.3 Å². The van der Waals surface area contributed by atoms with Crippen LogP contribution in [-0.4, -0.2) is 25.6 Å². The van der Waals surface area contributed by atoms with Gasteiger partial charge in [-0.2, -0.15) is 0 Å². The Morgan fingerprint density at radius 2 is 1.85 bits per heavy atom. The van der Waals surface area contributed by atoms with Crippen LogP contribution in [0.2, 0.25) is 5.02 Å². The number of carboxylic acids is 1. The molecule has 6 heteroatoms. The van der Waals surface area contributed by atoms with Crippen molar-refractivity contribution < 1.29 is 39.5 Å². The third-order valence-corrected chi connectivity index (χ3v) is 5.54. The number of carbonyl (C=O) groups is 1. The SMILES string of the molecule is CC1(C)Cc2cc(Cl)ccc2N(c2cccc(N3CC(C(=O)[O-])C3)c2)C1.[Na+]. The van der Waals surface area contributed by atoms with E-state index < -0.39 is 5.97 Å². The van der Waals surface area contributed by atoms with Crippen molar-refractivity contribution in [3.63, 3.8) is 0 Å². The molecule has 0 amide bonds. The van der Waals surface area contributed by atoms with E-state index >= 15 is 0 Å². The van der Waals surface area contributed by atoms with Crippen molar-refractivity contribution in [3.8, 4) is 0 Å². The summed E-state index contributed by atoms with van der Waals surface area (Å²) in [5, 5.41) is 11.7. The van der Waals surface area contributed by atoms with E-state index in [-0.39, 0.29) is 40.9 Å². The Morgan fingerprint density at radius 3 is 2.56 bits per heavy atom. The van der Waals surface area contributed by atoms with Gasteiger partial charge in [-0.25, -0.2) is 0 Å². The number of benzene rings is 2. The Balaban J connectivity index is 0.00000210. The summed E-state index contributed by atoms with van der Waals surface area (Å²) in [5.74, 6) is -1.32. The van der Waals surface area contributed by atoms with Crippen LogP contribution in [0.25, 0.3) is 0 Å². The van der Waals surface area contributed by atoms with E-state index in [2.05, 4.69) is 47.9 Å². The van der Waals surface area contributed by atoms with Crippen molar-refractivity contribution in [1.29, 1.82) is 0 Å². The number of carboxylic acid groups (broad SMARTS) is 1. The van der Waals surface area contributed by atoms with Gasteiger partial charge in [0.15, 0.2) is 0 Å². The standard InChI is InChI=1S/C21H23ClN2O2.Na/c1-21(2)10-14-8-16(22)6-7-19(14)24(13-21)18-5-3-4-17(9-18)23-11-15(12-23)20(25)26;/h3-9,15H,10-13H2,1-2H3,(H,25,26);/q;+1/p-1. The number of rotatable bonds is 3. The molecule has 0 unspecified atom stereocenters. The van der Waals surface area contributed by atoms with Crippen LogP contribution >= 0.6 is 11.6 Å². The fourth-order valence-electron chi connectivity index (χ4n) is 3.97. The number of halogens is 1. The van der Waals surface area contributed by atoms with Crippen LogP contribution < -0.4 is 44.5 Å². The van der Waals surface area contributed by atoms with Crippen LogP contribution in [0.4, 0.5) is 17.1 Å². The van der Waals surface area contributed by atoms with E-state index in [1.54, 1.807) is 0 Å². The molecule has 1 fully saturated rings. The van der Waals surface area contributed by atoms with Crippen molar-refractivity contribution in [3.05, 3.63) is 53.1 Å². The first kappa shape index (κ1) is 20.5. The predicted octanol–water partition coefficient (Wildman–Crippen LogP) is 0.250. The van der Waals surface area contributed by atoms with E-state index in [0.29, 0.717) is 13.1 Å². The van der Waals surface area contributed by atoms with Crippen molar-refractivity contribution >= 4 is 34.6 Å². The van der Waals surface area contributed by atoms with Crippen LogP contribution in [0.3, 0.4) is 0 Å². The van der Waals surface area contributed by atoms with Gasteiger partial charge in [0.1, 0.15) is 0 Å². The topological polar surface area (TPSA) is 46.6 Å².